The van der Waals surface area contributed by atoms with Crippen LogP contribution in [0.15, 0.2) is 36.4 Å². The van der Waals surface area contributed by atoms with E-state index in [1.54, 1.807) is 36.4 Å². The van der Waals surface area contributed by atoms with E-state index in [4.69, 9.17) is 4.74 Å². The van der Waals surface area contributed by atoms with Crippen LogP contribution in [0.1, 0.15) is 20.8 Å². The minimum atomic E-state index is -0.467. The van der Waals surface area contributed by atoms with Crippen molar-refractivity contribution in [1.29, 1.82) is 0 Å². The number of hydrogen-bond donors (Lipinski definition) is 1. The zero-order chi connectivity index (χ0) is 17.6. The van der Waals surface area contributed by atoms with Gasteiger partial charge >= 0.3 is 5.97 Å². The van der Waals surface area contributed by atoms with Gasteiger partial charge in [0.2, 0.25) is 0 Å². The molecule has 0 bridgehead atoms. The number of esters is 1. The summed E-state index contributed by atoms with van der Waals surface area (Å²) < 4.78 is 9.96. The van der Waals surface area contributed by atoms with Crippen LogP contribution in [0.2, 0.25) is 0 Å². The van der Waals surface area contributed by atoms with Crippen LogP contribution in [0.5, 0.6) is 0 Å². The van der Waals surface area contributed by atoms with Crippen molar-refractivity contribution in [3.8, 4) is 0 Å². The summed E-state index contributed by atoms with van der Waals surface area (Å²) in [5, 5.41) is 10.8. The molecule has 130 valence electrons. The molecule has 8 nitrogen and oxygen atoms in total. The van der Waals surface area contributed by atoms with Gasteiger partial charge in [0.15, 0.2) is 11.5 Å². The number of amides is 1. The molecule has 0 aliphatic carbocycles. The summed E-state index contributed by atoms with van der Waals surface area (Å²) in [6.45, 7) is 2.81. The smallest absolute Gasteiger partial charge is 0.337 e. The van der Waals surface area contributed by atoms with E-state index in [0.717, 1.165) is 13.1 Å². The molecule has 0 unspecified atom stereocenters. The number of anilines is 2. The van der Waals surface area contributed by atoms with Gasteiger partial charge in [0.1, 0.15) is 0 Å². The van der Waals surface area contributed by atoms with Crippen molar-refractivity contribution >= 4 is 23.4 Å². The molecule has 2 aromatic rings. The molecule has 0 radical (unpaired) electrons. The number of hydrogen-bond acceptors (Lipinski definition) is 7. The molecule has 8 heteroatoms. The molecule has 1 amide bonds. The Morgan fingerprint density at radius 1 is 1.16 bits per heavy atom. The Morgan fingerprint density at radius 3 is 2.64 bits per heavy atom. The Labute approximate surface area is 144 Å². The van der Waals surface area contributed by atoms with Crippen molar-refractivity contribution < 1.29 is 19.1 Å². The van der Waals surface area contributed by atoms with Gasteiger partial charge < -0.3 is 19.7 Å². The van der Waals surface area contributed by atoms with E-state index in [0.29, 0.717) is 30.3 Å². The van der Waals surface area contributed by atoms with E-state index >= 15 is 0 Å². The van der Waals surface area contributed by atoms with Crippen LogP contribution < -0.4 is 10.2 Å². The zero-order valence-corrected chi connectivity index (χ0v) is 13.8. The zero-order valence-electron chi connectivity index (χ0n) is 13.8. The standard InChI is InChI=1S/C17H18N4O4/c1-24-17(23)12-3-2-4-13(11-12)18-16(22)14-5-6-15(20-19-14)21-7-9-25-10-8-21/h2-6,11H,7-10H2,1H3,(H,18,22). The van der Waals surface area contributed by atoms with Crippen LogP contribution in [0.25, 0.3) is 0 Å². The second kappa shape index (κ2) is 7.71. The maximum Gasteiger partial charge on any atom is 0.337 e. The molecule has 0 saturated carbocycles. The molecule has 1 aliphatic rings. The first-order chi connectivity index (χ1) is 12.2. The SMILES string of the molecule is COC(=O)c1cccc(NC(=O)c2ccc(N3CCOCC3)nn2)c1. The van der Waals surface area contributed by atoms with E-state index in [2.05, 4.69) is 25.2 Å². The third-order valence-electron chi connectivity index (χ3n) is 3.76. The molecule has 1 aromatic heterocycles. The van der Waals surface area contributed by atoms with Crippen molar-refractivity contribution in [3.63, 3.8) is 0 Å². The lowest BCUT2D eigenvalue weighted by Gasteiger charge is -2.27. The third kappa shape index (κ3) is 4.10. The number of rotatable bonds is 4. The Morgan fingerprint density at radius 2 is 1.96 bits per heavy atom. The topological polar surface area (TPSA) is 93.7 Å². The molecule has 1 fully saturated rings. The van der Waals surface area contributed by atoms with Crippen LogP contribution in [-0.4, -0.2) is 55.5 Å². The third-order valence-corrected chi connectivity index (χ3v) is 3.76. The number of ether oxygens (including phenoxy) is 2. The monoisotopic (exact) mass is 342 g/mol. The number of carbonyl (C=O) groups excluding carboxylic acids is 2. The highest BCUT2D eigenvalue weighted by molar-refractivity contribution is 6.03. The number of nitrogens with zero attached hydrogens (tertiary/aromatic N) is 3. The molecule has 2 heterocycles. The predicted octanol–water partition coefficient (Wildman–Crippen LogP) is 1.35. The minimum Gasteiger partial charge on any atom is -0.465 e. The maximum atomic E-state index is 12.3. The first-order valence-corrected chi connectivity index (χ1v) is 7.83. The first kappa shape index (κ1) is 16.8. The van der Waals surface area contributed by atoms with Gasteiger partial charge in [-0.15, -0.1) is 10.2 Å². The second-order valence-electron chi connectivity index (χ2n) is 5.40. The molecule has 0 atom stereocenters. The fourth-order valence-corrected chi connectivity index (χ4v) is 2.44. The van der Waals surface area contributed by atoms with Gasteiger partial charge in [-0.2, -0.15) is 0 Å². The van der Waals surface area contributed by atoms with E-state index in [1.165, 1.54) is 7.11 Å². The van der Waals surface area contributed by atoms with E-state index < -0.39 is 11.9 Å². The van der Waals surface area contributed by atoms with Crippen LogP contribution in [0, 0.1) is 0 Å². The van der Waals surface area contributed by atoms with Crippen LogP contribution in [-0.2, 0) is 9.47 Å². The number of methoxy groups -OCH3 is 1. The second-order valence-corrected chi connectivity index (χ2v) is 5.40. The molecule has 1 aliphatic heterocycles. The molecule has 0 spiro atoms. The summed E-state index contributed by atoms with van der Waals surface area (Å²) in [6.07, 6.45) is 0. The van der Waals surface area contributed by atoms with Gasteiger partial charge in [-0.25, -0.2) is 4.79 Å². The Kier molecular flexibility index (Phi) is 5.20. The largest absolute Gasteiger partial charge is 0.465 e. The highest BCUT2D eigenvalue weighted by Gasteiger charge is 2.15. The average molecular weight is 342 g/mol. The summed E-state index contributed by atoms with van der Waals surface area (Å²) in [7, 11) is 1.30. The molecule has 1 saturated heterocycles. The van der Waals surface area contributed by atoms with Crippen LogP contribution in [0.4, 0.5) is 11.5 Å². The fraction of sp³-hybridized carbons (Fsp3) is 0.294. The number of aromatic nitrogens is 2. The van der Waals surface area contributed by atoms with Gasteiger partial charge in [-0.05, 0) is 30.3 Å². The quantitative estimate of drug-likeness (QED) is 0.838. The van der Waals surface area contributed by atoms with Gasteiger partial charge in [0.25, 0.3) is 5.91 Å². The van der Waals surface area contributed by atoms with Gasteiger partial charge in [-0.1, -0.05) is 6.07 Å². The van der Waals surface area contributed by atoms with Crippen molar-refractivity contribution in [2.75, 3.05) is 43.6 Å². The van der Waals surface area contributed by atoms with Gasteiger partial charge in [-0.3, -0.25) is 4.79 Å². The Balaban J connectivity index is 1.68. The Hall–Kier alpha value is -3.00. The molecular formula is C17H18N4O4. The van der Waals surface area contributed by atoms with E-state index in [9.17, 15) is 9.59 Å². The summed E-state index contributed by atoms with van der Waals surface area (Å²) in [5.74, 6) is -0.152. The predicted molar refractivity (Wildman–Crippen MR) is 90.8 cm³/mol. The summed E-state index contributed by atoms with van der Waals surface area (Å²) >= 11 is 0. The average Bonchev–Trinajstić information content (AvgIpc) is 2.68. The van der Waals surface area contributed by atoms with Crippen molar-refractivity contribution in [3.05, 3.63) is 47.7 Å². The first-order valence-electron chi connectivity index (χ1n) is 7.83. The normalized spacial score (nSPS) is 14.0. The molecule has 25 heavy (non-hydrogen) atoms. The van der Waals surface area contributed by atoms with Crippen LogP contribution in [0.3, 0.4) is 0 Å². The summed E-state index contributed by atoms with van der Waals surface area (Å²) in [4.78, 5) is 25.9. The highest BCUT2D eigenvalue weighted by Crippen LogP contribution is 2.14. The van der Waals surface area contributed by atoms with Crippen molar-refractivity contribution in [2.45, 2.75) is 0 Å². The van der Waals surface area contributed by atoms with E-state index in [1.807, 2.05) is 0 Å². The van der Waals surface area contributed by atoms with Crippen LogP contribution >= 0.6 is 0 Å². The fourth-order valence-electron chi connectivity index (χ4n) is 2.44. The molecule has 1 aromatic carbocycles. The number of morpholine rings is 1. The lowest BCUT2D eigenvalue weighted by Crippen LogP contribution is -2.37. The minimum absolute atomic E-state index is 0.195. The highest BCUT2D eigenvalue weighted by atomic mass is 16.5. The number of carbonyl (C=O) groups is 2. The molecule has 1 N–H and O–H groups in total. The van der Waals surface area contributed by atoms with Crippen molar-refractivity contribution in [1.82, 2.24) is 10.2 Å². The number of nitrogens with one attached hydrogen (secondary N) is 1. The molecular weight excluding hydrogens is 324 g/mol. The summed E-state index contributed by atoms with van der Waals surface area (Å²) in [6, 6.07) is 9.88. The van der Waals surface area contributed by atoms with Gasteiger partial charge in [0, 0.05) is 18.8 Å². The molecule has 3 rings (SSSR count). The van der Waals surface area contributed by atoms with Crippen molar-refractivity contribution in [2.24, 2.45) is 0 Å². The Bertz CT molecular complexity index is 757. The lowest BCUT2D eigenvalue weighted by molar-refractivity contribution is 0.0600. The summed E-state index contributed by atoms with van der Waals surface area (Å²) in [5.41, 5.74) is 1.03. The number of benzene rings is 1. The lowest BCUT2D eigenvalue weighted by atomic mass is 10.2. The van der Waals surface area contributed by atoms with Gasteiger partial charge in [0.05, 0.1) is 25.9 Å². The van der Waals surface area contributed by atoms with E-state index in [-0.39, 0.29) is 5.69 Å². The maximum absolute atomic E-state index is 12.3.